The predicted octanol–water partition coefficient (Wildman–Crippen LogP) is 2.13. The second-order valence-electron chi connectivity index (χ2n) is 4.07. The van der Waals surface area contributed by atoms with Crippen LogP contribution in [0.15, 0.2) is 18.3 Å². The highest BCUT2D eigenvalue weighted by Gasteiger charge is 2.13. The van der Waals surface area contributed by atoms with Crippen molar-refractivity contribution in [2.45, 2.75) is 32.3 Å². The fourth-order valence-corrected chi connectivity index (χ4v) is 1.96. The fourth-order valence-electron chi connectivity index (χ4n) is 1.96. The van der Waals surface area contributed by atoms with Crippen molar-refractivity contribution in [3.8, 4) is 0 Å². The van der Waals surface area contributed by atoms with Crippen molar-refractivity contribution >= 4 is 5.82 Å². The van der Waals surface area contributed by atoms with Crippen LogP contribution >= 0.6 is 0 Å². The van der Waals surface area contributed by atoms with Gasteiger partial charge in [0, 0.05) is 19.3 Å². The van der Waals surface area contributed by atoms with Gasteiger partial charge in [0.1, 0.15) is 5.82 Å². The first-order valence-corrected chi connectivity index (χ1v) is 5.70. The molecule has 3 heteroatoms. The molecule has 3 nitrogen and oxygen atoms in total. The number of aromatic nitrogens is 1. The standard InChI is InChI=1S/C12H18N2O/c1-2-11(15)10-5-6-12(13-9-10)14-7-3-4-8-14/h5-6,9,11,15H,2-4,7-8H2,1H3/t11-/m0/s1. The maximum absolute atomic E-state index is 9.63. The predicted molar refractivity (Wildman–Crippen MR) is 60.9 cm³/mol. The zero-order valence-electron chi connectivity index (χ0n) is 9.19. The average molecular weight is 206 g/mol. The lowest BCUT2D eigenvalue weighted by molar-refractivity contribution is 0.173. The molecule has 1 saturated heterocycles. The van der Waals surface area contributed by atoms with Gasteiger partial charge in [0.15, 0.2) is 0 Å². The summed E-state index contributed by atoms with van der Waals surface area (Å²) in [4.78, 5) is 6.69. The Hall–Kier alpha value is -1.09. The third-order valence-corrected chi connectivity index (χ3v) is 2.97. The van der Waals surface area contributed by atoms with Crippen LogP contribution < -0.4 is 4.90 Å². The van der Waals surface area contributed by atoms with E-state index in [-0.39, 0.29) is 6.10 Å². The summed E-state index contributed by atoms with van der Waals surface area (Å²) in [5.41, 5.74) is 0.917. The Morgan fingerprint density at radius 2 is 2.13 bits per heavy atom. The molecule has 82 valence electrons. The molecular formula is C12H18N2O. The van der Waals surface area contributed by atoms with Crippen LogP contribution in [-0.4, -0.2) is 23.2 Å². The second-order valence-corrected chi connectivity index (χ2v) is 4.07. The third kappa shape index (κ3) is 2.29. The van der Waals surface area contributed by atoms with Crippen LogP contribution in [0.4, 0.5) is 5.82 Å². The number of rotatable bonds is 3. The molecule has 0 spiro atoms. The van der Waals surface area contributed by atoms with Crippen molar-refractivity contribution in [3.05, 3.63) is 23.9 Å². The van der Waals surface area contributed by atoms with Crippen molar-refractivity contribution < 1.29 is 5.11 Å². The summed E-state index contributed by atoms with van der Waals surface area (Å²) in [6.07, 6.45) is 4.69. The highest BCUT2D eigenvalue weighted by Crippen LogP contribution is 2.20. The number of anilines is 1. The molecule has 15 heavy (non-hydrogen) atoms. The molecule has 1 N–H and O–H groups in total. The zero-order valence-corrected chi connectivity index (χ0v) is 9.19. The SMILES string of the molecule is CC[C@H](O)c1ccc(N2CCCC2)nc1. The molecule has 2 heterocycles. The van der Waals surface area contributed by atoms with Crippen LogP contribution in [0.2, 0.25) is 0 Å². The van der Waals surface area contributed by atoms with E-state index in [1.807, 2.05) is 19.1 Å². The van der Waals surface area contributed by atoms with Crippen LogP contribution in [-0.2, 0) is 0 Å². The Balaban J connectivity index is 2.09. The molecule has 1 aliphatic heterocycles. The molecular weight excluding hydrogens is 188 g/mol. The van der Waals surface area contributed by atoms with Crippen molar-refractivity contribution in [2.24, 2.45) is 0 Å². The first-order chi connectivity index (χ1) is 7.31. The summed E-state index contributed by atoms with van der Waals surface area (Å²) in [6, 6.07) is 3.99. The van der Waals surface area contributed by atoms with Gasteiger partial charge in [-0.2, -0.15) is 0 Å². The highest BCUT2D eigenvalue weighted by atomic mass is 16.3. The summed E-state index contributed by atoms with van der Waals surface area (Å²) in [5, 5.41) is 9.63. The molecule has 1 aromatic rings. The Morgan fingerprint density at radius 1 is 1.40 bits per heavy atom. The largest absolute Gasteiger partial charge is 0.388 e. The first kappa shape index (κ1) is 10.4. The summed E-state index contributed by atoms with van der Waals surface area (Å²) in [6.45, 7) is 4.20. The van der Waals surface area contributed by atoms with Crippen molar-refractivity contribution in [1.29, 1.82) is 0 Å². The van der Waals surface area contributed by atoms with Crippen molar-refractivity contribution in [1.82, 2.24) is 4.98 Å². The van der Waals surface area contributed by atoms with E-state index in [9.17, 15) is 5.11 Å². The fraction of sp³-hybridized carbons (Fsp3) is 0.583. The van der Waals surface area contributed by atoms with Gasteiger partial charge in [0.25, 0.3) is 0 Å². The maximum atomic E-state index is 9.63. The molecule has 1 aliphatic rings. The monoisotopic (exact) mass is 206 g/mol. The Morgan fingerprint density at radius 3 is 2.67 bits per heavy atom. The first-order valence-electron chi connectivity index (χ1n) is 5.70. The van der Waals surface area contributed by atoms with Crippen LogP contribution in [0.5, 0.6) is 0 Å². The lowest BCUT2D eigenvalue weighted by atomic mass is 10.1. The van der Waals surface area contributed by atoms with Crippen LogP contribution in [0.1, 0.15) is 37.9 Å². The van der Waals surface area contributed by atoms with E-state index in [1.54, 1.807) is 6.20 Å². The van der Waals surface area contributed by atoms with Gasteiger partial charge in [0.2, 0.25) is 0 Å². The quantitative estimate of drug-likeness (QED) is 0.823. The van der Waals surface area contributed by atoms with Crippen LogP contribution in [0, 0.1) is 0 Å². The molecule has 2 rings (SSSR count). The number of hydrogen-bond acceptors (Lipinski definition) is 3. The Labute approximate surface area is 90.8 Å². The molecule has 0 aliphatic carbocycles. The van der Waals surface area contributed by atoms with Gasteiger partial charge in [0.05, 0.1) is 6.10 Å². The maximum Gasteiger partial charge on any atom is 0.128 e. The number of pyridine rings is 1. The van der Waals surface area contributed by atoms with Gasteiger partial charge in [-0.25, -0.2) is 4.98 Å². The summed E-state index contributed by atoms with van der Waals surface area (Å²) >= 11 is 0. The Bertz CT molecular complexity index is 304. The molecule has 0 unspecified atom stereocenters. The van der Waals surface area contributed by atoms with Gasteiger partial charge < -0.3 is 10.0 Å². The van der Waals surface area contributed by atoms with E-state index < -0.39 is 0 Å². The topological polar surface area (TPSA) is 36.4 Å². The van der Waals surface area contributed by atoms with E-state index in [0.717, 1.165) is 30.9 Å². The van der Waals surface area contributed by atoms with E-state index in [0.29, 0.717) is 0 Å². The minimum Gasteiger partial charge on any atom is -0.388 e. The van der Waals surface area contributed by atoms with Crippen molar-refractivity contribution in [2.75, 3.05) is 18.0 Å². The van der Waals surface area contributed by atoms with Gasteiger partial charge >= 0.3 is 0 Å². The average Bonchev–Trinajstić information content (AvgIpc) is 2.82. The summed E-state index contributed by atoms with van der Waals surface area (Å²) in [5.74, 6) is 1.04. The van der Waals surface area contributed by atoms with E-state index in [1.165, 1.54) is 12.8 Å². The van der Waals surface area contributed by atoms with Gasteiger partial charge in [-0.1, -0.05) is 13.0 Å². The summed E-state index contributed by atoms with van der Waals surface area (Å²) < 4.78 is 0. The minimum absolute atomic E-state index is 0.370. The van der Waals surface area contributed by atoms with Gasteiger partial charge in [-0.05, 0) is 30.9 Å². The molecule has 0 bridgehead atoms. The second kappa shape index (κ2) is 4.62. The van der Waals surface area contributed by atoms with E-state index >= 15 is 0 Å². The van der Waals surface area contributed by atoms with E-state index in [2.05, 4.69) is 9.88 Å². The number of aliphatic hydroxyl groups is 1. The Kier molecular flexibility index (Phi) is 3.21. The highest BCUT2D eigenvalue weighted by molar-refractivity contribution is 5.40. The number of hydrogen-bond donors (Lipinski definition) is 1. The smallest absolute Gasteiger partial charge is 0.128 e. The third-order valence-electron chi connectivity index (χ3n) is 2.97. The lowest BCUT2D eigenvalue weighted by Gasteiger charge is -2.17. The number of nitrogens with zero attached hydrogens (tertiary/aromatic N) is 2. The van der Waals surface area contributed by atoms with Crippen LogP contribution in [0.3, 0.4) is 0 Å². The van der Waals surface area contributed by atoms with Gasteiger partial charge in [-0.15, -0.1) is 0 Å². The minimum atomic E-state index is -0.370. The molecule has 0 amide bonds. The molecule has 1 atom stereocenters. The van der Waals surface area contributed by atoms with E-state index in [4.69, 9.17) is 0 Å². The van der Waals surface area contributed by atoms with Gasteiger partial charge in [-0.3, -0.25) is 0 Å². The zero-order chi connectivity index (χ0) is 10.7. The number of aliphatic hydroxyl groups excluding tert-OH is 1. The van der Waals surface area contributed by atoms with Crippen LogP contribution in [0.25, 0.3) is 0 Å². The molecule has 1 aromatic heterocycles. The molecule has 0 aromatic carbocycles. The normalized spacial score (nSPS) is 18.1. The lowest BCUT2D eigenvalue weighted by Crippen LogP contribution is -2.18. The molecule has 1 fully saturated rings. The summed E-state index contributed by atoms with van der Waals surface area (Å²) in [7, 11) is 0. The molecule has 0 saturated carbocycles. The molecule has 0 radical (unpaired) electrons. The van der Waals surface area contributed by atoms with Crippen molar-refractivity contribution in [3.63, 3.8) is 0 Å².